The van der Waals surface area contributed by atoms with Gasteiger partial charge in [-0.3, -0.25) is 4.79 Å². The molecule has 0 saturated heterocycles. The Bertz CT molecular complexity index is 894. The third-order valence-electron chi connectivity index (χ3n) is 3.74. The van der Waals surface area contributed by atoms with Gasteiger partial charge in [-0.25, -0.2) is 14.5 Å². The highest BCUT2D eigenvalue weighted by Crippen LogP contribution is 2.09. The Hall–Kier alpha value is -3.19. The number of hydrogen-bond donors (Lipinski definition) is 1. The van der Waals surface area contributed by atoms with Crippen molar-refractivity contribution >= 4 is 23.5 Å². The van der Waals surface area contributed by atoms with Crippen molar-refractivity contribution in [3.8, 4) is 0 Å². The van der Waals surface area contributed by atoms with E-state index in [2.05, 4.69) is 15.4 Å². The summed E-state index contributed by atoms with van der Waals surface area (Å²) in [6, 6.07) is 14.0. The molecule has 138 valence electrons. The van der Waals surface area contributed by atoms with Gasteiger partial charge in [0, 0.05) is 11.6 Å². The van der Waals surface area contributed by atoms with Crippen molar-refractivity contribution in [2.24, 2.45) is 0 Å². The van der Waals surface area contributed by atoms with Crippen molar-refractivity contribution in [1.29, 1.82) is 0 Å². The number of halogens is 1. The maximum Gasteiger partial charge on any atom is 0.338 e. The fourth-order valence-corrected chi connectivity index (χ4v) is 2.44. The Kier molecular flexibility index (Phi) is 6.17. The standard InChI is InChI=1S/C19H17ClN4O3/c20-17-7-3-14(4-8-17)9-22-18(25)11-27-19(26)16-5-1-15(2-6-16)10-24-13-21-12-23-24/h1-8,12-13H,9-11H2,(H,22,25). The molecule has 1 aromatic heterocycles. The van der Waals surface area contributed by atoms with Gasteiger partial charge >= 0.3 is 5.97 Å². The molecule has 0 aliphatic heterocycles. The van der Waals surface area contributed by atoms with Gasteiger partial charge in [0.25, 0.3) is 5.91 Å². The van der Waals surface area contributed by atoms with Crippen LogP contribution in [0.4, 0.5) is 0 Å². The van der Waals surface area contributed by atoms with Crippen molar-refractivity contribution in [1.82, 2.24) is 20.1 Å². The Morgan fingerprint density at radius 3 is 2.41 bits per heavy atom. The van der Waals surface area contributed by atoms with Gasteiger partial charge < -0.3 is 10.1 Å². The largest absolute Gasteiger partial charge is 0.452 e. The lowest BCUT2D eigenvalue weighted by atomic mass is 10.1. The molecule has 7 nitrogen and oxygen atoms in total. The zero-order valence-electron chi connectivity index (χ0n) is 14.3. The summed E-state index contributed by atoms with van der Waals surface area (Å²) >= 11 is 5.81. The maximum atomic E-state index is 12.0. The van der Waals surface area contributed by atoms with Gasteiger partial charge in [0.05, 0.1) is 12.1 Å². The number of ether oxygens (including phenoxy) is 1. The molecule has 0 bridgehead atoms. The number of esters is 1. The molecular weight excluding hydrogens is 368 g/mol. The van der Waals surface area contributed by atoms with Gasteiger partial charge in [-0.2, -0.15) is 5.10 Å². The summed E-state index contributed by atoms with van der Waals surface area (Å²) in [4.78, 5) is 27.7. The fourth-order valence-electron chi connectivity index (χ4n) is 2.32. The van der Waals surface area contributed by atoms with Gasteiger partial charge in [-0.15, -0.1) is 0 Å². The first-order valence-electron chi connectivity index (χ1n) is 8.20. The van der Waals surface area contributed by atoms with E-state index < -0.39 is 5.97 Å². The normalized spacial score (nSPS) is 10.4. The SMILES string of the molecule is O=C(COC(=O)c1ccc(Cn2cncn2)cc1)NCc1ccc(Cl)cc1. The number of carbonyl (C=O) groups is 2. The first-order chi connectivity index (χ1) is 13.1. The van der Waals surface area contributed by atoms with E-state index in [0.29, 0.717) is 23.7 Å². The van der Waals surface area contributed by atoms with Gasteiger partial charge in [0.1, 0.15) is 12.7 Å². The Balaban J connectivity index is 1.44. The van der Waals surface area contributed by atoms with Crippen LogP contribution in [0.5, 0.6) is 0 Å². The lowest BCUT2D eigenvalue weighted by Gasteiger charge is -2.07. The first-order valence-corrected chi connectivity index (χ1v) is 8.57. The van der Waals surface area contributed by atoms with Crippen LogP contribution in [-0.2, 0) is 22.6 Å². The van der Waals surface area contributed by atoms with E-state index in [1.807, 2.05) is 12.1 Å². The fraction of sp³-hybridized carbons (Fsp3) is 0.158. The number of carbonyl (C=O) groups excluding carboxylic acids is 2. The molecule has 0 unspecified atom stereocenters. The third-order valence-corrected chi connectivity index (χ3v) is 3.99. The van der Waals surface area contributed by atoms with Crippen LogP contribution in [0.25, 0.3) is 0 Å². The summed E-state index contributed by atoms with van der Waals surface area (Å²) in [5.41, 5.74) is 2.25. The maximum absolute atomic E-state index is 12.0. The van der Waals surface area contributed by atoms with E-state index in [9.17, 15) is 9.59 Å². The van der Waals surface area contributed by atoms with E-state index in [1.165, 1.54) is 6.33 Å². The molecular formula is C19H17ClN4O3. The second-order valence-corrected chi connectivity index (χ2v) is 6.21. The average Bonchev–Trinajstić information content (AvgIpc) is 3.19. The Labute approximate surface area is 160 Å². The summed E-state index contributed by atoms with van der Waals surface area (Å²) in [5, 5.41) is 7.34. The number of amides is 1. The number of nitrogens with zero attached hydrogens (tertiary/aromatic N) is 3. The molecule has 0 fully saturated rings. The van der Waals surface area contributed by atoms with Crippen LogP contribution in [0.15, 0.2) is 61.2 Å². The zero-order chi connectivity index (χ0) is 19.1. The van der Waals surface area contributed by atoms with Crippen LogP contribution >= 0.6 is 11.6 Å². The first kappa shape index (κ1) is 18.6. The molecule has 3 aromatic rings. The molecule has 27 heavy (non-hydrogen) atoms. The van der Waals surface area contributed by atoms with Gasteiger partial charge in [-0.05, 0) is 35.4 Å². The van der Waals surface area contributed by atoms with Gasteiger partial charge in [0.2, 0.25) is 0 Å². The molecule has 1 amide bonds. The van der Waals surface area contributed by atoms with Crippen molar-refractivity contribution in [3.05, 3.63) is 82.9 Å². The average molecular weight is 385 g/mol. The lowest BCUT2D eigenvalue weighted by molar-refractivity contribution is -0.124. The van der Waals surface area contributed by atoms with Crippen LogP contribution in [-0.4, -0.2) is 33.2 Å². The zero-order valence-corrected chi connectivity index (χ0v) is 15.1. The molecule has 2 aromatic carbocycles. The minimum atomic E-state index is -0.552. The van der Waals surface area contributed by atoms with Crippen molar-refractivity contribution in [2.45, 2.75) is 13.1 Å². The van der Waals surface area contributed by atoms with Crippen LogP contribution in [0.3, 0.4) is 0 Å². The Morgan fingerprint density at radius 2 is 1.74 bits per heavy atom. The molecule has 8 heteroatoms. The molecule has 0 aliphatic rings. The molecule has 0 aliphatic carbocycles. The van der Waals surface area contributed by atoms with Crippen LogP contribution < -0.4 is 5.32 Å². The Morgan fingerprint density at radius 1 is 1.04 bits per heavy atom. The highest BCUT2D eigenvalue weighted by Gasteiger charge is 2.10. The topological polar surface area (TPSA) is 86.1 Å². The molecule has 0 atom stereocenters. The third kappa shape index (κ3) is 5.65. The van der Waals surface area contributed by atoms with E-state index in [-0.39, 0.29) is 12.5 Å². The predicted octanol–water partition coefficient (Wildman–Crippen LogP) is 2.45. The van der Waals surface area contributed by atoms with E-state index in [0.717, 1.165) is 11.1 Å². The monoisotopic (exact) mass is 384 g/mol. The van der Waals surface area contributed by atoms with E-state index in [4.69, 9.17) is 16.3 Å². The lowest BCUT2D eigenvalue weighted by Crippen LogP contribution is -2.28. The van der Waals surface area contributed by atoms with E-state index >= 15 is 0 Å². The molecule has 1 heterocycles. The van der Waals surface area contributed by atoms with Crippen molar-refractivity contribution < 1.29 is 14.3 Å². The summed E-state index contributed by atoms with van der Waals surface area (Å²) in [6.45, 7) is 0.556. The number of hydrogen-bond acceptors (Lipinski definition) is 5. The minimum Gasteiger partial charge on any atom is -0.452 e. The molecule has 1 N–H and O–H groups in total. The number of rotatable bonds is 7. The molecule has 0 spiro atoms. The molecule has 3 rings (SSSR count). The van der Waals surface area contributed by atoms with Crippen LogP contribution in [0.2, 0.25) is 5.02 Å². The summed E-state index contributed by atoms with van der Waals surface area (Å²) in [5.74, 6) is -0.926. The van der Waals surface area contributed by atoms with Crippen molar-refractivity contribution in [2.75, 3.05) is 6.61 Å². The second-order valence-electron chi connectivity index (χ2n) is 5.77. The summed E-state index contributed by atoms with van der Waals surface area (Å²) in [6.07, 6.45) is 3.08. The van der Waals surface area contributed by atoms with Gasteiger partial charge in [-0.1, -0.05) is 35.9 Å². The molecule has 0 radical (unpaired) electrons. The minimum absolute atomic E-state index is 0.338. The highest BCUT2D eigenvalue weighted by molar-refractivity contribution is 6.30. The number of benzene rings is 2. The predicted molar refractivity (Wildman–Crippen MR) is 99.1 cm³/mol. The number of aromatic nitrogens is 3. The van der Waals surface area contributed by atoms with Crippen LogP contribution in [0.1, 0.15) is 21.5 Å². The number of nitrogens with one attached hydrogen (secondary N) is 1. The van der Waals surface area contributed by atoms with Crippen LogP contribution in [0, 0.1) is 0 Å². The molecule has 0 saturated carbocycles. The summed E-state index contributed by atoms with van der Waals surface area (Å²) in [7, 11) is 0. The van der Waals surface area contributed by atoms with Gasteiger partial charge in [0.15, 0.2) is 6.61 Å². The summed E-state index contributed by atoms with van der Waals surface area (Å²) < 4.78 is 6.72. The highest BCUT2D eigenvalue weighted by atomic mass is 35.5. The smallest absolute Gasteiger partial charge is 0.338 e. The van der Waals surface area contributed by atoms with Crippen molar-refractivity contribution in [3.63, 3.8) is 0 Å². The quantitative estimate of drug-likeness (QED) is 0.632. The van der Waals surface area contributed by atoms with E-state index in [1.54, 1.807) is 47.4 Å². The second kappa shape index (κ2) is 8.95.